The van der Waals surface area contributed by atoms with E-state index in [9.17, 15) is 4.79 Å². The van der Waals surface area contributed by atoms with Gasteiger partial charge in [-0.15, -0.1) is 10.2 Å². The van der Waals surface area contributed by atoms with E-state index >= 15 is 0 Å². The average molecular weight is 496 g/mol. The Morgan fingerprint density at radius 1 is 1.11 bits per heavy atom. The van der Waals surface area contributed by atoms with Crippen LogP contribution in [0.25, 0.3) is 11.4 Å². The monoisotopic (exact) mass is 495 g/mol. The number of carbonyl (C=O) groups excluding carboxylic acids is 1. The summed E-state index contributed by atoms with van der Waals surface area (Å²) in [4.78, 5) is 17.6. The third kappa shape index (κ3) is 6.57. The van der Waals surface area contributed by atoms with Crippen molar-refractivity contribution in [3.05, 3.63) is 65.7 Å². The van der Waals surface area contributed by atoms with Crippen molar-refractivity contribution in [1.82, 2.24) is 35.0 Å². The van der Waals surface area contributed by atoms with Crippen LogP contribution in [0.3, 0.4) is 0 Å². The third-order valence-corrected chi connectivity index (χ3v) is 5.48. The molecule has 0 bridgehead atoms. The van der Waals surface area contributed by atoms with Crippen LogP contribution in [0, 0.1) is 13.8 Å². The Balaban J connectivity index is 1.23. The maximum absolute atomic E-state index is 11.9. The van der Waals surface area contributed by atoms with E-state index in [4.69, 9.17) is 13.7 Å². The van der Waals surface area contributed by atoms with Crippen molar-refractivity contribution in [2.75, 3.05) is 6.61 Å². The molecule has 0 saturated heterocycles. The Morgan fingerprint density at radius 3 is 2.60 bits per heavy atom. The summed E-state index contributed by atoms with van der Waals surface area (Å²) < 4.78 is 18.3. The Kier molecular flexibility index (Phi) is 7.93. The summed E-state index contributed by atoms with van der Waals surface area (Å²) in [6.45, 7) is 5.04. The Hall–Kier alpha value is -3.93. The molecule has 2 heterocycles. The van der Waals surface area contributed by atoms with E-state index in [1.54, 1.807) is 23.9 Å². The number of rotatable bonds is 10. The number of tetrazole rings is 1. The molecule has 11 nitrogen and oxygen atoms in total. The molecule has 0 atom stereocenters. The average Bonchev–Trinajstić information content (AvgIpc) is 3.49. The second-order valence-corrected chi connectivity index (χ2v) is 8.33. The van der Waals surface area contributed by atoms with Crippen LogP contribution in [-0.2, 0) is 24.9 Å². The molecule has 182 valence electrons. The molecule has 0 saturated carbocycles. The van der Waals surface area contributed by atoms with Gasteiger partial charge in [0.05, 0.1) is 13.7 Å². The molecule has 0 aliphatic rings. The van der Waals surface area contributed by atoms with E-state index in [0.29, 0.717) is 49.0 Å². The summed E-state index contributed by atoms with van der Waals surface area (Å²) in [5.74, 6) is 2.53. The molecule has 0 unspecified atom stereocenters. The fraction of sp³-hybridized carbons (Fsp3) is 0.304. The highest BCUT2D eigenvalue weighted by Gasteiger charge is 2.13. The molecule has 4 aromatic rings. The number of aryl methyl sites for hydroxylation is 4. The van der Waals surface area contributed by atoms with Crippen LogP contribution < -0.4 is 8.92 Å². The lowest BCUT2D eigenvalue weighted by Crippen LogP contribution is -2.12. The maximum Gasteiger partial charge on any atom is 0.407 e. The molecule has 12 heteroatoms. The van der Waals surface area contributed by atoms with Crippen molar-refractivity contribution in [1.29, 1.82) is 0 Å². The molecule has 0 N–H and O–H groups in total. The summed E-state index contributed by atoms with van der Waals surface area (Å²) in [7, 11) is 1.73. The zero-order chi connectivity index (χ0) is 24.6. The molecular weight excluding hydrogens is 470 g/mol. The van der Waals surface area contributed by atoms with Crippen molar-refractivity contribution in [2.24, 2.45) is 7.05 Å². The van der Waals surface area contributed by atoms with Crippen LogP contribution in [0.2, 0.25) is 0 Å². The van der Waals surface area contributed by atoms with Gasteiger partial charge >= 0.3 is 5.30 Å². The van der Waals surface area contributed by atoms with Crippen molar-refractivity contribution >= 4 is 17.3 Å². The highest BCUT2D eigenvalue weighted by molar-refractivity contribution is 8.09. The van der Waals surface area contributed by atoms with Crippen molar-refractivity contribution < 1.29 is 18.5 Å². The van der Waals surface area contributed by atoms with E-state index < -0.39 is 5.30 Å². The molecule has 35 heavy (non-hydrogen) atoms. The molecule has 0 aliphatic carbocycles. The van der Waals surface area contributed by atoms with E-state index in [1.165, 1.54) is 11.1 Å². The zero-order valence-electron chi connectivity index (χ0n) is 19.6. The topological polar surface area (TPSA) is 119 Å². The van der Waals surface area contributed by atoms with E-state index in [0.717, 1.165) is 22.4 Å². The fourth-order valence-corrected chi connectivity index (χ4v) is 3.77. The highest BCUT2D eigenvalue weighted by atomic mass is 32.2. The van der Waals surface area contributed by atoms with Crippen LogP contribution in [0.1, 0.15) is 23.4 Å². The minimum absolute atomic E-state index is 0.000925. The van der Waals surface area contributed by atoms with Crippen molar-refractivity contribution in [3.8, 4) is 22.9 Å². The summed E-state index contributed by atoms with van der Waals surface area (Å²) in [6.07, 6.45) is 2.13. The summed E-state index contributed by atoms with van der Waals surface area (Å²) >= 11 is 0.629. The lowest BCUT2D eigenvalue weighted by molar-refractivity contribution is 0.161. The Morgan fingerprint density at radius 2 is 1.89 bits per heavy atom. The first-order chi connectivity index (χ1) is 17.0. The number of nitrogens with zero attached hydrogens (tertiary/aromatic N) is 7. The van der Waals surface area contributed by atoms with Gasteiger partial charge < -0.3 is 13.7 Å². The second kappa shape index (κ2) is 11.5. The number of benzene rings is 2. The first-order valence-electron chi connectivity index (χ1n) is 10.9. The van der Waals surface area contributed by atoms with Crippen LogP contribution in [0.15, 0.2) is 48.8 Å². The van der Waals surface area contributed by atoms with E-state index in [1.807, 2.05) is 44.2 Å². The number of hydrogen-bond donors (Lipinski definition) is 0. The zero-order valence-corrected chi connectivity index (χ0v) is 20.4. The van der Waals surface area contributed by atoms with Gasteiger partial charge in [-0.1, -0.05) is 18.2 Å². The van der Waals surface area contributed by atoms with Gasteiger partial charge in [-0.3, -0.25) is 0 Å². The Bertz CT molecular complexity index is 1250. The fourth-order valence-electron chi connectivity index (χ4n) is 3.39. The second-order valence-electron chi connectivity index (χ2n) is 7.66. The van der Waals surface area contributed by atoms with Crippen LogP contribution >= 0.6 is 12.0 Å². The summed E-state index contributed by atoms with van der Waals surface area (Å²) in [5, 5.41) is 15.9. The van der Waals surface area contributed by atoms with Crippen LogP contribution in [0.5, 0.6) is 11.5 Å². The van der Waals surface area contributed by atoms with Gasteiger partial charge in [0, 0.05) is 18.5 Å². The Labute approximate surface area is 206 Å². The van der Waals surface area contributed by atoms with Gasteiger partial charge in [0.2, 0.25) is 5.82 Å². The molecule has 2 aromatic carbocycles. The van der Waals surface area contributed by atoms with Gasteiger partial charge in [0.1, 0.15) is 17.8 Å². The largest absolute Gasteiger partial charge is 0.493 e. The quantitative estimate of drug-likeness (QED) is 0.182. The molecule has 0 radical (unpaired) electrons. The maximum atomic E-state index is 11.9. The molecule has 4 rings (SSSR count). The first kappa shape index (κ1) is 24.2. The minimum Gasteiger partial charge on any atom is -0.493 e. The predicted molar refractivity (Wildman–Crippen MR) is 129 cm³/mol. The third-order valence-electron chi connectivity index (χ3n) is 4.95. The molecular formula is C23H25N7O4S. The van der Waals surface area contributed by atoms with E-state index in [2.05, 4.69) is 25.5 Å². The molecule has 0 aliphatic heterocycles. The first-order valence-corrected chi connectivity index (χ1v) is 11.6. The molecule has 0 fully saturated rings. The van der Waals surface area contributed by atoms with E-state index in [-0.39, 0.29) is 6.61 Å². The summed E-state index contributed by atoms with van der Waals surface area (Å²) in [6, 6.07) is 13.0. The number of para-hydroxylation sites is 1. The van der Waals surface area contributed by atoms with Gasteiger partial charge in [-0.05, 0) is 54.5 Å². The summed E-state index contributed by atoms with van der Waals surface area (Å²) in [5.41, 5.74) is 2.89. The smallest absolute Gasteiger partial charge is 0.407 e. The lowest BCUT2D eigenvalue weighted by atomic mass is 10.1. The van der Waals surface area contributed by atoms with Crippen molar-refractivity contribution in [3.63, 3.8) is 0 Å². The highest BCUT2D eigenvalue weighted by Crippen LogP contribution is 2.28. The number of hydrogen-bond acceptors (Lipinski definition) is 10. The van der Waals surface area contributed by atoms with Crippen molar-refractivity contribution in [2.45, 2.75) is 33.4 Å². The number of aromatic nitrogens is 7. The van der Waals surface area contributed by atoms with Gasteiger partial charge in [0.25, 0.3) is 0 Å². The van der Waals surface area contributed by atoms with Gasteiger partial charge in [-0.2, -0.15) is 9.90 Å². The SMILES string of the molecule is Cc1cc(-c2nnn(C)n2)cc(C)c1OCCCn1ncnc1COC(=O)SOc1ccccc1. The molecule has 0 amide bonds. The molecule has 0 spiro atoms. The van der Waals surface area contributed by atoms with Gasteiger partial charge in [-0.25, -0.2) is 14.5 Å². The van der Waals surface area contributed by atoms with Gasteiger partial charge in [0.15, 0.2) is 24.5 Å². The standard InChI is InChI=1S/C23H25N7O4S/c1-16-12-18(22-26-28-29(3)27-22)13-17(2)21(16)32-11-7-10-30-20(24-15-25-30)14-33-23(31)35-34-19-8-5-4-6-9-19/h4-6,8-9,12-13,15H,7,10-11,14H2,1-3H3. The number of carbonyl (C=O) groups is 1. The predicted octanol–water partition coefficient (Wildman–Crippen LogP) is 3.92. The minimum atomic E-state index is -0.558. The lowest BCUT2D eigenvalue weighted by Gasteiger charge is -2.13. The molecule has 2 aromatic heterocycles. The number of ether oxygens (including phenoxy) is 2. The van der Waals surface area contributed by atoms with Crippen LogP contribution in [0.4, 0.5) is 4.79 Å². The van der Waals surface area contributed by atoms with Crippen LogP contribution in [-0.4, -0.2) is 46.9 Å². The normalized spacial score (nSPS) is 10.8.